The van der Waals surface area contributed by atoms with Gasteiger partial charge < -0.3 is 4.74 Å². The third-order valence-electron chi connectivity index (χ3n) is 4.99. The molecule has 1 aliphatic rings. The van der Waals surface area contributed by atoms with Gasteiger partial charge in [-0.25, -0.2) is 9.34 Å². The molecule has 0 N–H and O–H groups in total. The van der Waals surface area contributed by atoms with Crippen molar-refractivity contribution in [1.82, 2.24) is 9.34 Å². The Bertz CT molecular complexity index is 783. The standard InChI is InChI=1S/C23H29N2O2P/c1-3-17-27-23(4-2)20-28(26)24(18-21-11-7-5-8-12-21)15-16-25(28)19-22-13-9-6-10-14-22/h3-14H,1,15-20H2,2H3/b23-4+. The molecule has 4 nitrogen and oxygen atoms in total. The van der Waals surface area contributed by atoms with Gasteiger partial charge in [0, 0.05) is 26.2 Å². The van der Waals surface area contributed by atoms with Crippen molar-refractivity contribution >= 4 is 7.44 Å². The molecular weight excluding hydrogens is 367 g/mol. The zero-order valence-corrected chi connectivity index (χ0v) is 17.4. The van der Waals surface area contributed by atoms with Crippen LogP contribution in [0.4, 0.5) is 0 Å². The Balaban J connectivity index is 1.84. The third-order valence-corrected chi connectivity index (χ3v) is 8.16. The van der Waals surface area contributed by atoms with Crippen molar-refractivity contribution in [3.05, 3.63) is 96.3 Å². The summed E-state index contributed by atoms with van der Waals surface area (Å²) in [6, 6.07) is 20.5. The summed E-state index contributed by atoms with van der Waals surface area (Å²) >= 11 is 0. The second-order valence-electron chi connectivity index (χ2n) is 6.93. The number of nitrogens with zero attached hydrogens (tertiary/aromatic N) is 2. The number of ether oxygens (including phenoxy) is 1. The van der Waals surface area contributed by atoms with E-state index in [1.165, 1.54) is 11.1 Å². The van der Waals surface area contributed by atoms with Crippen LogP contribution in [-0.4, -0.2) is 35.2 Å². The summed E-state index contributed by atoms with van der Waals surface area (Å²) in [5.74, 6) is 0.765. The number of rotatable bonds is 9. The van der Waals surface area contributed by atoms with Crippen LogP contribution in [0, 0.1) is 0 Å². The van der Waals surface area contributed by atoms with Crippen molar-refractivity contribution in [1.29, 1.82) is 0 Å². The third kappa shape index (κ3) is 5.02. The highest BCUT2D eigenvalue weighted by atomic mass is 31.2. The maximum Gasteiger partial charge on any atom is 0.224 e. The molecule has 1 aliphatic heterocycles. The molecule has 2 aromatic rings. The topological polar surface area (TPSA) is 32.8 Å². The monoisotopic (exact) mass is 396 g/mol. The maximum absolute atomic E-state index is 14.3. The quantitative estimate of drug-likeness (QED) is 0.327. The van der Waals surface area contributed by atoms with E-state index >= 15 is 0 Å². The average molecular weight is 396 g/mol. The summed E-state index contributed by atoms with van der Waals surface area (Å²) in [6.45, 7) is 9.02. The minimum Gasteiger partial charge on any atom is -0.494 e. The van der Waals surface area contributed by atoms with Crippen LogP contribution >= 0.6 is 7.44 Å². The van der Waals surface area contributed by atoms with Gasteiger partial charge in [-0.3, -0.25) is 4.57 Å². The Labute approximate surface area is 168 Å². The largest absolute Gasteiger partial charge is 0.494 e. The minimum absolute atomic E-state index is 0.414. The molecule has 0 unspecified atom stereocenters. The van der Waals surface area contributed by atoms with Crippen LogP contribution in [0.1, 0.15) is 18.1 Å². The fraction of sp³-hybridized carbons (Fsp3) is 0.304. The molecule has 1 saturated heterocycles. The predicted molar refractivity (Wildman–Crippen MR) is 116 cm³/mol. The number of hydrogen-bond donors (Lipinski definition) is 0. The van der Waals surface area contributed by atoms with Crippen LogP contribution in [0.25, 0.3) is 0 Å². The second kappa shape index (κ2) is 9.88. The highest BCUT2D eigenvalue weighted by Crippen LogP contribution is 2.59. The molecule has 0 amide bonds. The second-order valence-corrected chi connectivity index (χ2v) is 9.70. The molecule has 28 heavy (non-hydrogen) atoms. The molecule has 0 atom stereocenters. The van der Waals surface area contributed by atoms with E-state index in [1.54, 1.807) is 6.08 Å². The SMILES string of the molecule is C=CCO/C(=C/C)CP1(=O)N(Cc2ccccc2)CCN1Cc1ccccc1. The fourth-order valence-electron chi connectivity index (χ4n) is 3.48. The van der Waals surface area contributed by atoms with E-state index in [0.29, 0.717) is 25.9 Å². The van der Waals surface area contributed by atoms with Gasteiger partial charge >= 0.3 is 0 Å². The van der Waals surface area contributed by atoms with E-state index in [1.807, 2.05) is 49.4 Å². The molecule has 3 rings (SSSR count). The lowest BCUT2D eigenvalue weighted by Crippen LogP contribution is -2.23. The van der Waals surface area contributed by atoms with Crippen molar-refractivity contribution in [2.45, 2.75) is 20.0 Å². The predicted octanol–water partition coefficient (Wildman–Crippen LogP) is 5.30. The number of allylic oxidation sites excluding steroid dienone is 2. The van der Waals surface area contributed by atoms with Crippen molar-refractivity contribution < 1.29 is 9.30 Å². The molecular formula is C23H29N2O2P. The zero-order valence-electron chi connectivity index (χ0n) is 16.5. The summed E-state index contributed by atoms with van der Waals surface area (Å²) in [5.41, 5.74) is 2.36. The molecule has 0 bridgehead atoms. The Kier molecular flexibility index (Phi) is 7.27. The Morgan fingerprint density at radius 1 is 1.00 bits per heavy atom. The molecule has 0 saturated carbocycles. The lowest BCUT2D eigenvalue weighted by Gasteiger charge is -2.31. The maximum atomic E-state index is 14.3. The van der Waals surface area contributed by atoms with E-state index < -0.39 is 7.44 Å². The smallest absolute Gasteiger partial charge is 0.224 e. The van der Waals surface area contributed by atoms with Gasteiger partial charge in [0.15, 0.2) is 0 Å². The lowest BCUT2D eigenvalue weighted by atomic mass is 10.2. The highest BCUT2D eigenvalue weighted by molar-refractivity contribution is 7.59. The van der Waals surface area contributed by atoms with E-state index in [0.717, 1.165) is 18.8 Å². The van der Waals surface area contributed by atoms with Crippen molar-refractivity contribution in [3.63, 3.8) is 0 Å². The van der Waals surface area contributed by atoms with Crippen LogP contribution in [-0.2, 0) is 22.4 Å². The van der Waals surface area contributed by atoms with Gasteiger partial charge in [-0.1, -0.05) is 73.3 Å². The van der Waals surface area contributed by atoms with Gasteiger partial charge in [0.1, 0.15) is 12.4 Å². The summed E-state index contributed by atoms with van der Waals surface area (Å²) in [4.78, 5) is 0. The van der Waals surface area contributed by atoms with Crippen molar-refractivity contribution in [3.8, 4) is 0 Å². The van der Waals surface area contributed by atoms with E-state index in [2.05, 4.69) is 40.2 Å². The molecule has 5 heteroatoms. The first-order chi connectivity index (χ1) is 13.7. The normalized spacial score (nSPS) is 17.5. The van der Waals surface area contributed by atoms with Crippen LogP contribution < -0.4 is 0 Å². The van der Waals surface area contributed by atoms with Crippen LogP contribution in [0.2, 0.25) is 0 Å². The molecule has 1 heterocycles. The fourth-order valence-corrected chi connectivity index (χ4v) is 6.49. The van der Waals surface area contributed by atoms with E-state index in [-0.39, 0.29) is 0 Å². The minimum atomic E-state index is -2.80. The van der Waals surface area contributed by atoms with Gasteiger partial charge in [0.25, 0.3) is 0 Å². The van der Waals surface area contributed by atoms with Crippen LogP contribution in [0.15, 0.2) is 85.2 Å². The summed E-state index contributed by atoms with van der Waals surface area (Å²) < 4.78 is 24.4. The van der Waals surface area contributed by atoms with E-state index in [9.17, 15) is 4.57 Å². The first-order valence-corrected chi connectivity index (χ1v) is 11.5. The average Bonchev–Trinajstić information content (AvgIpc) is 3.02. The molecule has 2 aromatic carbocycles. The van der Waals surface area contributed by atoms with Crippen LogP contribution in [0.5, 0.6) is 0 Å². The van der Waals surface area contributed by atoms with Gasteiger partial charge in [-0.05, 0) is 24.1 Å². The first-order valence-electron chi connectivity index (χ1n) is 9.72. The summed E-state index contributed by atoms with van der Waals surface area (Å²) in [5, 5.41) is 0. The molecule has 0 radical (unpaired) electrons. The van der Waals surface area contributed by atoms with Gasteiger partial charge in [0.05, 0.1) is 6.16 Å². The van der Waals surface area contributed by atoms with Gasteiger partial charge in [-0.2, -0.15) is 0 Å². The molecule has 1 fully saturated rings. The molecule has 0 aliphatic carbocycles. The van der Waals surface area contributed by atoms with E-state index in [4.69, 9.17) is 4.74 Å². The highest BCUT2D eigenvalue weighted by Gasteiger charge is 2.43. The van der Waals surface area contributed by atoms with Crippen molar-refractivity contribution in [2.75, 3.05) is 25.9 Å². The molecule has 0 aromatic heterocycles. The Morgan fingerprint density at radius 3 is 1.93 bits per heavy atom. The Hall–Kier alpha value is -2.13. The number of hydrogen-bond acceptors (Lipinski definition) is 2. The number of benzene rings is 2. The van der Waals surface area contributed by atoms with Crippen LogP contribution in [0.3, 0.4) is 0 Å². The first kappa shape index (κ1) is 20.6. The van der Waals surface area contributed by atoms with Gasteiger partial charge in [-0.15, -0.1) is 0 Å². The lowest BCUT2D eigenvalue weighted by molar-refractivity contribution is 0.247. The summed E-state index contributed by atoms with van der Waals surface area (Å²) in [7, 11) is -2.80. The molecule has 0 spiro atoms. The summed E-state index contributed by atoms with van der Waals surface area (Å²) in [6.07, 6.45) is 4.05. The molecule has 148 valence electrons. The van der Waals surface area contributed by atoms with Crippen molar-refractivity contribution in [2.24, 2.45) is 0 Å². The van der Waals surface area contributed by atoms with Gasteiger partial charge in [0.2, 0.25) is 7.44 Å². The zero-order chi connectivity index (χ0) is 19.8. The Morgan fingerprint density at radius 2 is 1.50 bits per heavy atom.